The van der Waals surface area contributed by atoms with Gasteiger partial charge < -0.3 is 19.6 Å². The topological polar surface area (TPSA) is 70.1 Å². The van der Waals surface area contributed by atoms with Gasteiger partial charge in [0.2, 0.25) is 0 Å². The molecule has 0 radical (unpaired) electrons. The van der Waals surface area contributed by atoms with E-state index in [1.165, 1.54) is 0 Å². The van der Waals surface area contributed by atoms with E-state index in [0.29, 0.717) is 45.0 Å². The highest BCUT2D eigenvalue weighted by Crippen LogP contribution is 2.24. The van der Waals surface area contributed by atoms with Crippen molar-refractivity contribution in [1.29, 1.82) is 0 Å². The van der Waals surface area contributed by atoms with Gasteiger partial charge in [-0.25, -0.2) is 4.79 Å². The molecule has 0 spiro atoms. The summed E-state index contributed by atoms with van der Waals surface area (Å²) in [6.45, 7) is 8.36. The highest BCUT2D eigenvalue weighted by molar-refractivity contribution is 5.76. The Morgan fingerprint density at radius 2 is 2.10 bits per heavy atom. The van der Waals surface area contributed by atoms with E-state index in [9.17, 15) is 9.59 Å². The molecular formula is C15H28N2O4. The lowest BCUT2D eigenvalue weighted by Crippen LogP contribution is -2.52. The maximum absolute atomic E-state index is 12.7. The van der Waals surface area contributed by atoms with Crippen molar-refractivity contribution in [3.05, 3.63) is 0 Å². The van der Waals surface area contributed by atoms with Crippen LogP contribution in [0.15, 0.2) is 0 Å². The first-order chi connectivity index (χ1) is 9.86. The molecule has 21 heavy (non-hydrogen) atoms. The number of carboxylic acid groups (broad SMARTS) is 1. The SMILES string of the molecule is COCCN(CC(C)C)C(=O)N1CCC(C(=O)O)CC1C. The number of carbonyl (C=O) groups excluding carboxylic acids is 1. The van der Waals surface area contributed by atoms with Crippen LogP contribution >= 0.6 is 0 Å². The zero-order valence-corrected chi connectivity index (χ0v) is 13.5. The number of nitrogens with zero attached hydrogens (tertiary/aromatic N) is 2. The summed E-state index contributed by atoms with van der Waals surface area (Å²) in [5, 5.41) is 9.09. The van der Waals surface area contributed by atoms with Crippen LogP contribution in [-0.4, -0.2) is 66.3 Å². The third kappa shape index (κ3) is 5.19. The smallest absolute Gasteiger partial charge is 0.320 e. The number of urea groups is 1. The molecule has 122 valence electrons. The summed E-state index contributed by atoms with van der Waals surface area (Å²) < 4.78 is 5.08. The molecule has 2 amide bonds. The van der Waals surface area contributed by atoms with Crippen molar-refractivity contribution in [2.75, 3.05) is 33.4 Å². The highest BCUT2D eigenvalue weighted by Gasteiger charge is 2.34. The van der Waals surface area contributed by atoms with Crippen LogP contribution in [0.4, 0.5) is 4.79 Å². The van der Waals surface area contributed by atoms with Crippen molar-refractivity contribution in [3.8, 4) is 0 Å². The minimum atomic E-state index is -0.757. The minimum absolute atomic E-state index is 0.00270. The largest absolute Gasteiger partial charge is 0.481 e. The Morgan fingerprint density at radius 1 is 1.43 bits per heavy atom. The number of carboxylic acids is 1. The molecule has 1 fully saturated rings. The number of aliphatic carboxylic acids is 1. The van der Waals surface area contributed by atoms with Gasteiger partial charge in [0.05, 0.1) is 12.5 Å². The molecule has 1 aliphatic heterocycles. The van der Waals surface area contributed by atoms with Crippen LogP contribution in [0.5, 0.6) is 0 Å². The van der Waals surface area contributed by atoms with Crippen LogP contribution < -0.4 is 0 Å². The molecule has 0 aromatic carbocycles. The Kier molecular flexibility index (Phi) is 6.95. The minimum Gasteiger partial charge on any atom is -0.481 e. The number of likely N-dealkylation sites (tertiary alicyclic amines) is 1. The normalized spacial score (nSPS) is 22.4. The van der Waals surface area contributed by atoms with Crippen LogP contribution in [0.1, 0.15) is 33.6 Å². The molecule has 2 unspecified atom stereocenters. The van der Waals surface area contributed by atoms with Crippen LogP contribution in [0.2, 0.25) is 0 Å². The van der Waals surface area contributed by atoms with E-state index in [-0.39, 0.29) is 18.0 Å². The molecule has 6 heteroatoms. The highest BCUT2D eigenvalue weighted by atomic mass is 16.5. The fraction of sp³-hybridized carbons (Fsp3) is 0.867. The second kappa shape index (κ2) is 8.22. The van der Waals surface area contributed by atoms with E-state index >= 15 is 0 Å². The second-order valence-corrected chi connectivity index (χ2v) is 6.22. The lowest BCUT2D eigenvalue weighted by atomic mass is 9.92. The van der Waals surface area contributed by atoms with E-state index in [1.54, 1.807) is 12.0 Å². The van der Waals surface area contributed by atoms with E-state index < -0.39 is 5.97 Å². The van der Waals surface area contributed by atoms with Gasteiger partial charge in [-0.3, -0.25) is 4.79 Å². The van der Waals surface area contributed by atoms with E-state index in [2.05, 4.69) is 13.8 Å². The molecule has 0 saturated carbocycles. The van der Waals surface area contributed by atoms with Gasteiger partial charge in [0, 0.05) is 32.8 Å². The zero-order chi connectivity index (χ0) is 16.0. The van der Waals surface area contributed by atoms with Crippen molar-refractivity contribution in [3.63, 3.8) is 0 Å². The van der Waals surface area contributed by atoms with Gasteiger partial charge in [-0.15, -0.1) is 0 Å². The summed E-state index contributed by atoms with van der Waals surface area (Å²) in [5.41, 5.74) is 0. The first-order valence-electron chi connectivity index (χ1n) is 7.64. The molecule has 0 aromatic rings. The lowest BCUT2D eigenvalue weighted by molar-refractivity contribution is -0.143. The molecule has 2 atom stereocenters. The van der Waals surface area contributed by atoms with Gasteiger partial charge in [0.15, 0.2) is 0 Å². The summed E-state index contributed by atoms with van der Waals surface area (Å²) >= 11 is 0. The number of hydrogen-bond acceptors (Lipinski definition) is 3. The number of piperidine rings is 1. The fourth-order valence-corrected chi connectivity index (χ4v) is 2.77. The average molecular weight is 300 g/mol. The molecule has 1 saturated heterocycles. The number of amides is 2. The average Bonchev–Trinajstić information content (AvgIpc) is 2.42. The van der Waals surface area contributed by atoms with Crippen molar-refractivity contribution in [2.45, 2.75) is 39.7 Å². The first-order valence-corrected chi connectivity index (χ1v) is 7.64. The Labute approximate surface area is 127 Å². The maximum Gasteiger partial charge on any atom is 0.320 e. The predicted octanol–water partition coefficient (Wildman–Crippen LogP) is 1.90. The third-order valence-corrected chi connectivity index (χ3v) is 3.89. The second-order valence-electron chi connectivity index (χ2n) is 6.22. The lowest BCUT2D eigenvalue weighted by Gasteiger charge is -2.39. The zero-order valence-electron chi connectivity index (χ0n) is 13.5. The maximum atomic E-state index is 12.7. The standard InChI is InChI=1S/C15H28N2O4/c1-11(2)10-16(7-8-21-4)15(20)17-6-5-13(14(18)19)9-12(17)3/h11-13H,5-10H2,1-4H3,(H,18,19). The number of ether oxygens (including phenoxy) is 1. The van der Waals surface area contributed by atoms with Crippen LogP contribution in [0, 0.1) is 11.8 Å². The van der Waals surface area contributed by atoms with Crippen LogP contribution in [0.25, 0.3) is 0 Å². The van der Waals surface area contributed by atoms with E-state index in [0.717, 1.165) is 0 Å². The molecule has 0 bridgehead atoms. The molecule has 0 aliphatic carbocycles. The number of rotatable bonds is 6. The number of hydrogen-bond donors (Lipinski definition) is 1. The Bertz CT molecular complexity index is 360. The molecule has 1 rings (SSSR count). The van der Waals surface area contributed by atoms with Crippen molar-refractivity contribution >= 4 is 12.0 Å². The summed E-state index contributed by atoms with van der Waals surface area (Å²) in [4.78, 5) is 27.4. The Morgan fingerprint density at radius 3 is 2.57 bits per heavy atom. The summed E-state index contributed by atoms with van der Waals surface area (Å²) in [5.74, 6) is -0.702. The van der Waals surface area contributed by atoms with Gasteiger partial charge >= 0.3 is 12.0 Å². The van der Waals surface area contributed by atoms with Crippen LogP contribution in [-0.2, 0) is 9.53 Å². The number of carbonyl (C=O) groups is 2. The summed E-state index contributed by atoms with van der Waals surface area (Å²) in [6.07, 6.45) is 1.06. The third-order valence-electron chi connectivity index (χ3n) is 3.89. The van der Waals surface area contributed by atoms with E-state index in [1.807, 2.05) is 11.8 Å². The Balaban J connectivity index is 2.67. The van der Waals surface area contributed by atoms with Crippen molar-refractivity contribution < 1.29 is 19.4 Å². The van der Waals surface area contributed by atoms with Gasteiger partial charge in [-0.2, -0.15) is 0 Å². The summed E-state index contributed by atoms with van der Waals surface area (Å²) in [6, 6.07) is -0.0401. The molecule has 1 N–H and O–H groups in total. The quantitative estimate of drug-likeness (QED) is 0.813. The van der Waals surface area contributed by atoms with Gasteiger partial charge in [0.25, 0.3) is 0 Å². The monoisotopic (exact) mass is 300 g/mol. The van der Waals surface area contributed by atoms with Crippen LogP contribution in [0.3, 0.4) is 0 Å². The van der Waals surface area contributed by atoms with Gasteiger partial charge in [-0.1, -0.05) is 13.8 Å². The fourth-order valence-electron chi connectivity index (χ4n) is 2.77. The van der Waals surface area contributed by atoms with Gasteiger partial charge in [0.1, 0.15) is 0 Å². The number of methoxy groups -OCH3 is 1. The summed E-state index contributed by atoms with van der Waals surface area (Å²) in [7, 11) is 1.62. The van der Waals surface area contributed by atoms with Crippen molar-refractivity contribution in [1.82, 2.24) is 9.80 Å². The molecule has 0 aromatic heterocycles. The first kappa shape index (κ1) is 17.8. The molecule has 1 aliphatic rings. The predicted molar refractivity (Wildman–Crippen MR) is 80.2 cm³/mol. The Hall–Kier alpha value is -1.30. The molecule has 6 nitrogen and oxygen atoms in total. The van der Waals surface area contributed by atoms with Gasteiger partial charge in [-0.05, 0) is 25.7 Å². The van der Waals surface area contributed by atoms with Crippen molar-refractivity contribution in [2.24, 2.45) is 11.8 Å². The molecule has 1 heterocycles. The van der Waals surface area contributed by atoms with E-state index in [4.69, 9.17) is 9.84 Å². The molecular weight excluding hydrogens is 272 g/mol.